The molecule has 4 heteroatoms. The van der Waals surface area contributed by atoms with E-state index in [1.807, 2.05) is 12.1 Å². The average molecular weight is 181 g/mol. The molecule has 0 heterocycles. The summed E-state index contributed by atoms with van der Waals surface area (Å²) in [7, 11) is 0. The third kappa shape index (κ3) is 2.93. The molecule has 0 aliphatic heterocycles. The fourth-order valence-corrected chi connectivity index (χ4v) is 1.05. The summed E-state index contributed by atoms with van der Waals surface area (Å²) in [6.07, 6.45) is 0. The lowest BCUT2D eigenvalue weighted by Gasteiger charge is -2.05. The fraction of sp³-hybridized carbons (Fsp3) is 0.333. The molecule has 0 aliphatic rings. The molecule has 0 unspecified atom stereocenters. The third-order valence-corrected chi connectivity index (χ3v) is 1.77. The molecule has 0 aromatic heterocycles. The van der Waals surface area contributed by atoms with Gasteiger partial charge in [-0.15, -0.1) is 0 Å². The molecule has 0 saturated carbocycles. The summed E-state index contributed by atoms with van der Waals surface area (Å²) in [4.78, 5) is 0. The molecule has 6 N–H and O–H groups in total. The van der Waals surface area contributed by atoms with E-state index in [0.717, 1.165) is 5.56 Å². The Kier molecular flexibility index (Phi) is 3.54. The van der Waals surface area contributed by atoms with Crippen LogP contribution in [0.25, 0.3) is 0 Å². The van der Waals surface area contributed by atoms with Gasteiger partial charge in [-0.25, -0.2) is 0 Å². The van der Waals surface area contributed by atoms with Gasteiger partial charge < -0.3 is 21.9 Å². The summed E-state index contributed by atoms with van der Waals surface area (Å²) in [6, 6.07) is 5.53. The van der Waals surface area contributed by atoms with Crippen molar-refractivity contribution in [2.75, 3.05) is 24.6 Å². The number of nitrogen functional groups attached to an aromatic ring is 2. The van der Waals surface area contributed by atoms with Crippen LogP contribution in [0.3, 0.4) is 0 Å². The Morgan fingerprint density at radius 1 is 1.23 bits per heavy atom. The van der Waals surface area contributed by atoms with E-state index in [-0.39, 0.29) is 6.61 Å². The lowest BCUT2D eigenvalue weighted by atomic mass is 10.2. The third-order valence-electron chi connectivity index (χ3n) is 1.77. The molecule has 72 valence electrons. The fourth-order valence-electron chi connectivity index (χ4n) is 1.05. The smallest absolute Gasteiger partial charge is 0.0556 e. The number of aliphatic hydroxyl groups is 1. The Hall–Kier alpha value is -1.26. The predicted molar refractivity (Wildman–Crippen MR) is 54.1 cm³/mol. The molecule has 0 atom stereocenters. The maximum Gasteiger partial charge on any atom is 0.0556 e. The molecule has 0 aliphatic carbocycles. The number of hydrogen-bond acceptors (Lipinski definition) is 4. The predicted octanol–water partition coefficient (Wildman–Crippen LogP) is -0.0671. The summed E-state index contributed by atoms with van der Waals surface area (Å²) in [5.41, 5.74) is 13.5. The van der Waals surface area contributed by atoms with Gasteiger partial charge in [-0.1, -0.05) is 6.07 Å². The summed E-state index contributed by atoms with van der Waals surface area (Å²) in [6.45, 7) is 1.43. The van der Waals surface area contributed by atoms with E-state index in [2.05, 4.69) is 5.32 Å². The quantitative estimate of drug-likeness (QED) is 0.387. The SMILES string of the molecule is Nc1ccc(CNCCO)cc1N. The van der Waals surface area contributed by atoms with Crippen LogP contribution in [0.2, 0.25) is 0 Å². The Bertz CT molecular complexity index is 276. The lowest BCUT2D eigenvalue weighted by molar-refractivity contribution is 0.292. The Morgan fingerprint density at radius 2 is 2.00 bits per heavy atom. The van der Waals surface area contributed by atoms with Crippen molar-refractivity contribution in [1.29, 1.82) is 0 Å². The van der Waals surface area contributed by atoms with Crippen molar-refractivity contribution in [3.8, 4) is 0 Å². The van der Waals surface area contributed by atoms with Crippen LogP contribution in [-0.4, -0.2) is 18.3 Å². The highest BCUT2D eigenvalue weighted by molar-refractivity contribution is 5.63. The normalized spacial score (nSPS) is 10.2. The number of aliphatic hydroxyl groups excluding tert-OH is 1. The molecule has 0 fully saturated rings. The summed E-state index contributed by atoms with van der Waals surface area (Å²) < 4.78 is 0. The van der Waals surface area contributed by atoms with E-state index >= 15 is 0 Å². The van der Waals surface area contributed by atoms with Crippen molar-refractivity contribution >= 4 is 11.4 Å². The minimum absolute atomic E-state index is 0.143. The molecule has 13 heavy (non-hydrogen) atoms. The second kappa shape index (κ2) is 4.69. The van der Waals surface area contributed by atoms with Crippen molar-refractivity contribution in [1.82, 2.24) is 5.32 Å². The molecule has 1 aromatic carbocycles. The van der Waals surface area contributed by atoms with Crippen LogP contribution in [0.5, 0.6) is 0 Å². The van der Waals surface area contributed by atoms with Gasteiger partial charge in [0.2, 0.25) is 0 Å². The Labute approximate surface area is 77.6 Å². The Balaban J connectivity index is 2.53. The van der Waals surface area contributed by atoms with Crippen LogP contribution in [0.1, 0.15) is 5.56 Å². The first-order valence-electron chi connectivity index (χ1n) is 4.19. The maximum absolute atomic E-state index is 8.54. The number of hydrogen-bond donors (Lipinski definition) is 4. The van der Waals surface area contributed by atoms with Gasteiger partial charge in [-0.3, -0.25) is 0 Å². The second-order valence-corrected chi connectivity index (χ2v) is 2.86. The number of anilines is 2. The first-order valence-corrected chi connectivity index (χ1v) is 4.19. The van der Waals surface area contributed by atoms with E-state index in [4.69, 9.17) is 16.6 Å². The summed E-state index contributed by atoms with van der Waals surface area (Å²) >= 11 is 0. The van der Waals surface area contributed by atoms with Crippen LogP contribution in [-0.2, 0) is 6.54 Å². The molecule has 1 aromatic rings. The number of nitrogens with one attached hydrogen (secondary N) is 1. The average Bonchev–Trinajstić information content (AvgIpc) is 2.12. The van der Waals surface area contributed by atoms with Gasteiger partial charge >= 0.3 is 0 Å². The zero-order valence-corrected chi connectivity index (χ0v) is 7.46. The van der Waals surface area contributed by atoms with Crippen LogP contribution in [0.15, 0.2) is 18.2 Å². The Morgan fingerprint density at radius 3 is 2.62 bits per heavy atom. The number of benzene rings is 1. The number of rotatable bonds is 4. The molecule has 1 rings (SSSR count). The van der Waals surface area contributed by atoms with Crippen molar-refractivity contribution < 1.29 is 5.11 Å². The van der Waals surface area contributed by atoms with Crippen LogP contribution >= 0.6 is 0 Å². The van der Waals surface area contributed by atoms with Crippen LogP contribution < -0.4 is 16.8 Å². The van der Waals surface area contributed by atoms with Gasteiger partial charge in [0.15, 0.2) is 0 Å². The van der Waals surface area contributed by atoms with E-state index in [1.165, 1.54) is 0 Å². The lowest BCUT2D eigenvalue weighted by Crippen LogP contribution is -2.17. The van der Waals surface area contributed by atoms with Crippen molar-refractivity contribution in [2.24, 2.45) is 0 Å². The highest BCUT2D eigenvalue weighted by Gasteiger charge is 1.96. The first-order chi connectivity index (χ1) is 6.24. The van der Waals surface area contributed by atoms with Gasteiger partial charge in [0, 0.05) is 13.1 Å². The van der Waals surface area contributed by atoms with Gasteiger partial charge in [0.1, 0.15) is 0 Å². The van der Waals surface area contributed by atoms with Gasteiger partial charge in [-0.2, -0.15) is 0 Å². The van der Waals surface area contributed by atoms with Crippen molar-refractivity contribution in [3.63, 3.8) is 0 Å². The van der Waals surface area contributed by atoms with E-state index < -0.39 is 0 Å². The minimum atomic E-state index is 0.143. The number of nitrogens with two attached hydrogens (primary N) is 2. The highest BCUT2D eigenvalue weighted by atomic mass is 16.3. The van der Waals surface area contributed by atoms with E-state index in [9.17, 15) is 0 Å². The largest absolute Gasteiger partial charge is 0.397 e. The van der Waals surface area contributed by atoms with Crippen LogP contribution in [0, 0.1) is 0 Å². The van der Waals surface area contributed by atoms with Gasteiger partial charge in [0.25, 0.3) is 0 Å². The first kappa shape index (κ1) is 9.83. The molecule has 0 amide bonds. The molecule has 0 radical (unpaired) electrons. The topological polar surface area (TPSA) is 84.3 Å². The molecule has 0 spiro atoms. The molecule has 0 saturated heterocycles. The van der Waals surface area contributed by atoms with E-state index in [0.29, 0.717) is 24.5 Å². The minimum Gasteiger partial charge on any atom is -0.397 e. The van der Waals surface area contributed by atoms with Crippen molar-refractivity contribution in [3.05, 3.63) is 23.8 Å². The molecule has 4 nitrogen and oxygen atoms in total. The van der Waals surface area contributed by atoms with E-state index in [1.54, 1.807) is 6.07 Å². The second-order valence-electron chi connectivity index (χ2n) is 2.86. The van der Waals surface area contributed by atoms with Gasteiger partial charge in [-0.05, 0) is 17.7 Å². The summed E-state index contributed by atoms with van der Waals surface area (Å²) in [5.74, 6) is 0. The molecular formula is C9H15N3O. The summed E-state index contributed by atoms with van der Waals surface area (Å²) in [5, 5.41) is 11.6. The zero-order valence-electron chi connectivity index (χ0n) is 7.46. The molecule has 0 bridgehead atoms. The zero-order chi connectivity index (χ0) is 9.68. The van der Waals surface area contributed by atoms with Crippen molar-refractivity contribution in [2.45, 2.75) is 6.54 Å². The standard InChI is InChI=1S/C9H15N3O/c10-8-2-1-7(5-9(8)11)6-12-3-4-13/h1-2,5,12-13H,3-4,6,10-11H2. The highest BCUT2D eigenvalue weighted by Crippen LogP contribution is 2.15. The van der Waals surface area contributed by atoms with Gasteiger partial charge in [0.05, 0.1) is 18.0 Å². The molecular weight excluding hydrogens is 166 g/mol. The maximum atomic E-state index is 8.54. The monoisotopic (exact) mass is 181 g/mol. The van der Waals surface area contributed by atoms with Crippen LogP contribution in [0.4, 0.5) is 11.4 Å².